The zero-order valence-electron chi connectivity index (χ0n) is 16.6. The van der Waals surface area contributed by atoms with Crippen LogP contribution >= 0.6 is 0 Å². The monoisotopic (exact) mass is 382 g/mol. The minimum absolute atomic E-state index is 0.0753. The molecule has 1 aliphatic rings. The number of hydrogen-bond donors (Lipinski definition) is 4. The van der Waals surface area contributed by atoms with E-state index in [0.29, 0.717) is 5.75 Å². The summed E-state index contributed by atoms with van der Waals surface area (Å²) in [5, 5.41) is 39.1. The van der Waals surface area contributed by atoms with E-state index < -0.39 is 36.7 Å². The molecule has 4 N–H and O–H groups in total. The molecule has 5 atom stereocenters. The highest BCUT2D eigenvalue weighted by molar-refractivity contribution is 5.73. The molecule has 0 radical (unpaired) electrons. The summed E-state index contributed by atoms with van der Waals surface area (Å²) in [7, 11) is 0. The van der Waals surface area contributed by atoms with Crippen LogP contribution in [0.3, 0.4) is 0 Å². The lowest BCUT2D eigenvalue weighted by Gasteiger charge is -2.39. The minimum Gasteiger partial charge on any atom is -0.479 e. The van der Waals surface area contributed by atoms with Crippen molar-refractivity contribution < 1.29 is 34.7 Å². The quantitative estimate of drug-likeness (QED) is 0.627. The summed E-state index contributed by atoms with van der Waals surface area (Å²) in [6, 6.07) is 5.68. The molecule has 7 heteroatoms. The van der Waals surface area contributed by atoms with Crippen molar-refractivity contribution >= 4 is 5.97 Å². The molecule has 0 aliphatic carbocycles. The zero-order valence-corrected chi connectivity index (χ0v) is 16.6. The van der Waals surface area contributed by atoms with E-state index in [1.54, 1.807) is 6.07 Å². The van der Waals surface area contributed by atoms with E-state index in [0.717, 1.165) is 11.1 Å². The van der Waals surface area contributed by atoms with E-state index in [9.17, 15) is 25.2 Å². The molecule has 1 aliphatic heterocycles. The Kier molecular flexibility index (Phi) is 5.92. The lowest BCUT2D eigenvalue weighted by atomic mass is 9.80. The van der Waals surface area contributed by atoms with Gasteiger partial charge in [-0.1, -0.05) is 53.7 Å². The molecule has 0 bridgehead atoms. The number of carboxylic acid groups (broad SMARTS) is 1. The van der Waals surface area contributed by atoms with E-state index in [2.05, 4.69) is 20.8 Å². The number of carbonyl (C=O) groups is 1. The summed E-state index contributed by atoms with van der Waals surface area (Å²) >= 11 is 0. The van der Waals surface area contributed by atoms with Crippen LogP contribution in [0, 0.1) is 0 Å². The second-order valence-electron chi connectivity index (χ2n) is 9.06. The lowest BCUT2D eigenvalue weighted by Crippen LogP contribution is -2.61. The first-order valence-electron chi connectivity index (χ1n) is 8.97. The summed E-state index contributed by atoms with van der Waals surface area (Å²) in [5.41, 5.74) is 1.59. The standard InChI is InChI=1S/C20H30O7/c1-19(2,3)10-7-8-12(11(9-10)20(4,5)6)26-18-15(23)13(21)14(22)16(27-18)17(24)25/h7-9,13-16,18,21-23H,1-6H3,(H,24,25). The van der Waals surface area contributed by atoms with Crippen molar-refractivity contribution in [2.24, 2.45) is 0 Å². The van der Waals surface area contributed by atoms with Crippen LogP contribution in [0.1, 0.15) is 52.7 Å². The van der Waals surface area contributed by atoms with Crippen molar-refractivity contribution in [3.05, 3.63) is 29.3 Å². The molecule has 1 fully saturated rings. The fraction of sp³-hybridized carbons (Fsp3) is 0.650. The van der Waals surface area contributed by atoms with Gasteiger partial charge in [-0.15, -0.1) is 0 Å². The summed E-state index contributed by atoms with van der Waals surface area (Å²) in [5.74, 6) is -1.02. The predicted molar refractivity (Wildman–Crippen MR) is 98.8 cm³/mol. The molecule has 0 aromatic heterocycles. The van der Waals surface area contributed by atoms with E-state index >= 15 is 0 Å². The maximum atomic E-state index is 11.3. The first-order valence-corrected chi connectivity index (χ1v) is 8.97. The van der Waals surface area contributed by atoms with Crippen molar-refractivity contribution in [1.29, 1.82) is 0 Å². The SMILES string of the molecule is CC(C)(C)c1ccc(OC2OC(C(=O)O)C(O)C(O)C2O)c(C(C)(C)C)c1. The zero-order chi connectivity index (χ0) is 20.7. The van der Waals surface area contributed by atoms with Gasteiger partial charge in [-0.3, -0.25) is 0 Å². The van der Waals surface area contributed by atoms with Crippen molar-refractivity contribution in [1.82, 2.24) is 0 Å². The van der Waals surface area contributed by atoms with Gasteiger partial charge in [0, 0.05) is 0 Å². The van der Waals surface area contributed by atoms with Gasteiger partial charge in [0.2, 0.25) is 6.29 Å². The molecule has 27 heavy (non-hydrogen) atoms. The van der Waals surface area contributed by atoms with Gasteiger partial charge in [0.15, 0.2) is 6.10 Å². The Morgan fingerprint density at radius 1 is 0.963 bits per heavy atom. The van der Waals surface area contributed by atoms with Gasteiger partial charge in [0.05, 0.1) is 0 Å². The first kappa shape index (κ1) is 21.6. The van der Waals surface area contributed by atoms with Crippen LogP contribution in [0.5, 0.6) is 5.75 Å². The highest BCUT2D eigenvalue weighted by Crippen LogP contribution is 2.37. The summed E-state index contributed by atoms with van der Waals surface area (Å²) in [6.45, 7) is 12.3. The van der Waals surface area contributed by atoms with Gasteiger partial charge in [-0.25, -0.2) is 4.79 Å². The highest BCUT2D eigenvalue weighted by atomic mass is 16.7. The predicted octanol–water partition coefficient (Wildman–Crippen LogP) is 1.55. The van der Waals surface area contributed by atoms with Crippen LogP contribution in [0.4, 0.5) is 0 Å². The van der Waals surface area contributed by atoms with E-state index in [1.807, 2.05) is 32.9 Å². The van der Waals surface area contributed by atoms with Crippen LogP contribution < -0.4 is 4.74 Å². The van der Waals surface area contributed by atoms with Gasteiger partial charge in [0.1, 0.15) is 24.1 Å². The van der Waals surface area contributed by atoms with Crippen LogP contribution in [0.25, 0.3) is 0 Å². The van der Waals surface area contributed by atoms with Gasteiger partial charge in [-0.05, 0) is 28.0 Å². The molecule has 1 heterocycles. The molecule has 1 aromatic carbocycles. The number of carboxylic acids is 1. The number of hydrogen-bond acceptors (Lipinski definition) is 6. The van der Waals surface area contributed by atoms with Gasteiger partial charge in [-0.2, -0.15) is 0 Å². The maximum Gasteiger partial charge on any atom is 0.335 e. The molecule has 0 amide bonds. The highest BCUT2D eigenvalue weighted by Gasteiger charge is 2.48. The molecule has 0 saturated carbocycles. The molecular weight excluding hydrogens is 352 g/mol. The summed E-state index contributed by atoms with van der Waals surface area (Å²) in [6.07, 6.45) is -8.16. The second kappa shape index (κ2) is 7.39. The van der Waals surface area contributed by atoms with Gasteiger partial charge < -0.3 is 29.9 Å². The molecule has 0 spiro atoms. The van der Waals surface area contributed by atoms with Crippen LogP contribution in [-0.2, 0) is 20.4 Å². The molecule has 2 rings (SSSR count). The first-order chi connectivity index (χ1) is 12.2. The third kappa shape index (κ3) is 4.60. The Bertz CT molecular complexity index is 687. The molecule has 1 saturated heterocycles. The Balaban J connectivity index is 2.39. The second-order valence-corrected chi connectivity index (χ2v) is 9.06. The lowest BCUT2D eigenvalue weighted by molar-refractivity contribution is -0.271. The van der Waals surface area contributed by atoms with Crippen molar-refractivity contribution in [2.45, 2.75) is 83.1 Å². The van der Waals surface area contributed by atoms with E-state index in [4.69, 9.17) is 9.47 Å². The molecule has 5 unspecified atom stereocenters. The normalized spacial score (nSPS) is 29.4. The Hall–Kier alpha value is -1.67. The van der Waals surface area contributed by atoms with Gasteiger partial charge >= 0.3 is 5.97 Å². The fourth-order valence-corrected chi connectivity index (χ4v) is 2.96. The third-order valence-electron chi connectivity index (χ3n) is 4.71. The summed E-state index contributed by atoms with van der Waals surface area (Å²) in [4.78, 5) is 11.3. The average molecular weight is 382 g/mol. The van der Waals surface area contributed by atoms with Gasteiger partial charge in [0.25, 0.3) is 0 Å². The topological polar surface area (TPSA) is 116 Å². The fourth-order valence-electron chi connectivity index (χ4n) is 2.96. The molecule has 7 nitrogen and oxygen atoms in total. The smallest absolute Gasteiger partial charge is 0.335 e. The third-order valence-corrected chi connectivity index (χ3v) is 4.71. The summed E-state index contributed by atoms with van der Waals surface area (Å²) < 4.78 is 11.0. The van der Waals surface area contributed by atoms with E-state index in [1.165, 1.54) is 0 Å². The van der Waals surface area contributed by atoms with Crippen molar-refractivity contribution in [3.8, 4) is 5.75 Å². The number of aliphatic hydroxyl groups excluding tert-OH is 3. The largest absolute Gasteiger partial charge is 0.479 e. The number of benzene rings is 1. The minimum atomic E-state index is -1.75. The Labute approximate surface area is 159 Å². The average Bonchev–Trinajstić information content (AvgIpc) is 2.53. The number of aliphatic carboxylic acids is 1. The van der Waals surface area contributed by atoms with Crippen molar-refractivity contribution in [3.63, 3.8) is 0 Å². The van der Waals surface area contributed by atoms with E-state index in [-0.39, 0.29) is 10.8 Å². The number of rotatable bonds is 3. The molecule has 1 aromatic rings. The Morgan fingerprint density at radius 2 is 1.56 bits per heavy atom. The Morgan fingerprint density at radius 3 is 2.04 bits per heavy atom. The molecule has 152 valence electrons. The van der Waals surface area contributed by atoms with Crippen LogP contribution in [0.2, 0.25) is 0 Å². The van der Waals surface area contributed by atoms with Crippen LogP contribution in [0.15, 0.2) is 18.2 Å². The maximum absolute atomic E-state index is 11.3. The molecular formula is C20H30O7. The number of aliphatic hydroxyl groups is 3. The van der Waals surface area contributed by atoms with Crippen LogP contribution in [-0.4, -0.2) is 57.1 Å². The number of ether oxygens (including phenoxy) is 2. The van der Waals surface area contributed by atoms with Crippen molar-refractivity contribution in [2.75, 3.05) is 0 Å².